The number of nitrogens with one attached hydrogen (secondary N) is 2. The summed E-state index contributed by atoms with van der Waals surface area (Å²) in [5.41, 5.74) is -0.540. The number of anilines is 1. The van der Waals surface area contributed by atoms with Crippen LogP contribution < -0.4 is 16.3 Å². The van der Waals surface area contributed by atoms with Crippen LogP contribution in [0.4, 0.5) is 19.0 Å². The number of aliphatic carboxylic acids is 1. The van der Waals surface area contributed by atoms with E-state index in [1.807, 2.05) is 0 Å². The van der Waals surface area contributed by atoms with Gasteiger partial charge >= 0.3 is 17.8 Å². The van der Waals surface area contributed by atoms with E-state index < -0.39 is 30.4 Å². The number of aromatic nitrogens is 2. The average Bonchev–Trinajstić information content (AvgIpc) is 3.17. The summed E-state index contributed by atoms with van der Waals surface area (Å²) < 4.78 is 43.5. The Bertz CT molecular complexity index is 812. The number of ether oxygens (including phenoxy) is 2. The topological polar surface area (TPSA) is 152 Å². The molecule has 14 heteroatoms. The van der Waals surface area contributed by atoms with Gasteiger partial charge in [0.05, 0.1) is 13.2 Å². The van der Waals surface area contributed by atoms with Crippen LogP contribution in [0.25, 0.3) is 0 Å². The van der Waals surface area contributed by atoms with Crippen LogP contribution in [-0.2, 0) is 19.1 Å². The van der Waals surface area contributed by atoms with E-state index in [0.717, 1.165) is 25.9 Å². The summed E-state index contributed by atoms with van der Waals surface area (Å²) in [6.45, 7) is 1.76. The first kappa shape index (κ1) is 24.7. The lowest BCUT2D eigenvalue weighted by Gasteiger charge is -2.21. The molecule has 3 rings (SSSR count). The van der Waals surface area contributed by atoms with Gasteiger partial charge < -0.3 is 30.3 Å². The van der Waals surface area contributed by atoms with Crippen LogP contribution in [0.3, 0.4) is 0 Å². The minimum Gasteiger partial charge on any atom is -0.475 e. The zero-order valence-corrected chi connectivity index (χ0v) is 16.3. The molecule has 3 heterocycles. The predicted octanol–water partition coefficient (Wildman–Crippen LogP) is 0.0686. The third-order valence-electron chi connectivity index (χ3n) is 4.47. The van der Waals surface area contributed by atoms with Gasteiger partial charge in [-0.3, -0.25) is 9.36 Å². The average molecular weight is 452 g/mol. The number of hydrogen-bond acceptors (Lipinski definition) is 8. The highest BCUT2D eigenvalue weighted by atomic mass is 19.4. The number of hydrogen-bond donors (Lipinski definition) is 4. The standard InChI is InChI=1S/C15H22N4O5.C2HF3O2/c20-8-14-23-9-13(24-14)19-6-3-11(18-15(19)22)17-12(21)7-10-1-4-16-5-2-10;3-2(4,5)1(6)7/h3,6,10,13-14,16,20H,1-2,4-5,7-9H2,(H,17,18,21,22);(H,6,7)/t13-,14-;/m0./s1. The largest absolute Gasteiger partial charge is 0.490 e. The van der Waals surface area contributed by atoms with Crippen molar-refractivity contribution in [1.29, 1.82) is 0 Å². The molecule has 1 amide bonds. The third-order valence-corrected chi connectivity index (χ3v) is 4.47. The van der Waals surface area contributed by atoms with Crippen molar-refractivity contribution < 1.29 is 42.4 Å². The molecule has 2 aliphatic rings. The second kappa shape index (κ2) is 11.2. The fourth-order valence-electron chi connectivity index (χ4n) is 2.93. The highest BCUT2D eigenvalue weighted by Gasteiger charge is 2.38. The van der Waals surface area contributed by atoms with E-state index in [4.69, 9.17) is 24.5 Å². The lowest BCUT2D eigenvalue weighted by Crippen LogP contribution is -2.31. The molecule has 0 saturated carbocycles. The zero-order valence-electron chi connectivity index (χ0n) is 16.3. The van der Waals surface area contributed by atoms with E-state index >= 15 is 0 Å². The molecule has 11 nitrogen and oxygen atoms in total. The van der Waals surface area contributed by atoms with Gasteiger partial charge in [0.15, 0.2) is 12.5 Å². The summed E-state index contributed by atoms with van der Waals surface area (Å²) >= 11 is 0. The van der Waals surface area contributed by atoms with Gasteiger partial charge in [-0.15, -0.1) is 0 Å². The van der Waals surface area contributed by atoms with Crippen LogP contribution in [0.15, 0.2) is 17.1 Å². The maximum Gasteiger partial charge on any atom is 0.490 e. The van der Waals surface area contributed by atoms with Crippen molar-refractivity contribution in [3.05, 3.63) is 22.7 Å². The molecule has 0 aromatic carbocycles. The van der Waals surface area contributed by atoms with Crippen molar-refractivity contribution in [2.45, 2.75) is 38.0 Å². The fourth-order valence-corrected chi connectivity index (χ4v) is 2.93. The lowest BCUT2D eigenvalue weighted by atomic mass is 9.94. The summed E-state index contributed by atoms with van der Waals surface area (Å²) in [6.07, 6.45) is -2.54. The van der Waals surface area contributed by atoms with Crippen LogP contribution in [0.1, 0.15) is 25.5 Å². The third kappa shape index (κ3) is 7.90. The van der Waals surface area contributed by atoms with E-state index in [0.29, 0.717) is 12.3 Å². The highest BCUT2D eigenvalue weighted by molar-refractivity contribution is 5.89. The number of aliphatic hydroxyl groups is 1. The number of carboxylic acid groups (broad SMARTS) is 1. The van der Waals surface area contributed by atoms with Gasteiger partial charge in [0.2, 0.25) is 5.91 Å². The SMILES string of the molecule is O=C(CC1CCNCC1)Nc1ccn([C@@H]2CO[C@H](CO)O2)c(=O)n1.O=C(O)C(F)(F)F. The second-order valence-electron chi connectivity index (χ2n) is 6.79. The maximum atomic E-state index is 12.1. The van der Waals surface area contributed by atoms with Gasteiger partial charge in [0, 0.05) is 12.6 Å². The number of amides is 1. The zero-order chi connectivity index (χ0) is 23.0. The lowest BCUT2D eigenvalue weighted by molar-refractivity contribution is -0.192. The van der Waals surface area contributed by atoms with Crippen molar-refractivity contribution in [2.75, 3.05) is 31.6 Å². The van der Waals surface area contributed by atoms with Crippen LogP contribution in [-0.4, -0.2) is 70.4 Å². The summed E-state index contributed by atoms with van der Waals surface area (Å²) in [5, 5.41) is 22.0. The predicted molar refractivity (Wildman–Crippen MR) is 98.0 cm³/mol. The smallest absolute Gasteiger partial charge is 0.475 e. The molecule has 1 aromatic heterocycles. The van der Waals surface area contributed by atoms with Gasteiger partial charge in [-0.2, -0.15) is 18.2 Å². The molecule has 174 valence electrons. The van der Waals surface area contributed by atoms with E-state index in [1.54, 1.807) is 6.07 Å². The van der Waals surface area contributed by atoms with Crippen LogP contribution in [0, 0.1) is 5.92 Å². The summed E-state index contributed by atoms with van der Waals surface area (Å²) in [6, 6.07) is 1.55. The first-order valence-corrected chi connectivity index (χ1v) is 9.38. The molecule has 1 aromatic rings. The Balaban J connectivity index is 0.000000423. The first-order chi connectivity index (χ1) is 14.6. The number of halogens is 3. The molecule has 31 heavy (non-hydrogen) atoms. The number of nitrogens with zero attached hydrogens (tertiary/aromatic N) is 2. The Morgan fingerprint density at radius 1 is 1.32 bits per heavy atom. The van der Waals surface area contributed by atoms with Gasteiger partial charge in [-0.05, 0) is 37.9 Å². The number of carbonyl (C=O) groups is 2. The van der Waals surface area contributed by atoms with Crippen molar-refractivity contribution >= 4 is 17.7 Å². The van der Waals surface area contributed by atoms with Crippen molar-refractivity contribution in [3.8, 4) is 0 Å². The number of rotatable bonds is 5. The Hall–Kier alpha value is -2.55. The summed E-state index contributed by atoms with van der Waals surface area (Å²) in [5.74, 6) is -2.29. The van der Waals surface area contributed by atoms with E-state index in [-0.39, 0.29) is 24.9 Å². The molecule has 4 N–H and O–H groups in total. The van der Waals surface area contributed by atoms with E-state index in [1.165, 1.54) is 10.8 Å². The monoisotopic (exact) mass is 452 g/mol. The molecule has 0 spiro atoms. The number of carbonyl (C=O) groups excluding carboxylic acids is 1. The molecule has 2 atom stereocenters. The van der Waals surface area contributed by atoms with E-state index in [2.05, 4.69) is 15.6 Å². The van der Waals surface area contributed by atoms with Gasteiger partial charge in [0.25, 0.3) is 0 Å². The number of alkyl halides is 3. The molecule has 0 aliphatic carbocycles. The Morgan fingerprint density at radius 2 is 1.97 bits per heavy atom. The van der Waals surface area contributed by atoms with Crippen LogP contribution in [0.5, 0.6) is 0 Å². The van der Waals surface area contributed by atoms with Crippen LogP contribution in [0.2, 0.25) is 0 Å². The van der Waals surface area contributed by atoms with Gasteiger partial charge in [-0.1, -0.05) is 0 Å². The number of carboxylic acids is 1. The highest BCUT2D eigenvalue weighted by Crippen LogP contribution is 2.20. The minimum atomic E-state index is -5.08. The molecular formula is C17H23F3N4O7. The Labute approximate surface area is 174 Å². The molecule has 0 unspecified atom stereocenters. The summed E-state index contributed by atoms with van der Waals surface area (Å²) in [4.78, 5) is 36.9. The number of aliphatic hydroxyl groups excluding tert-OH is 1. The first-order valence-electron chi connectivity index (χ1n) is 9.38. The maximum absolute atomic E-state index is 12.1. The van der Waals surface area contributed by atoms with Crippen LogP contribution >= 0.6 is 0 Å². The van der Waals surface area contributed by atoms with E-state index in [9.17, 15) is 22.8 Å². The summed E-state index contributed by atoms with van der Waals surface area (Å²) in [7, 11) is 0. The Kier molecular flexibility index (Phi) is 8.91. The second-order valence-corrected chi connectivity index (χ2v) is 6.79. The van der Waals surface area contributed by atoms with Gasteiger partial charge in [-0.25, -0.2) is 9.59 Å². The minimum absolute atomic E-state index is 0.132. The molecule has 2 saturated heterocycles. The normalized spacial score (nSPS) is 21.8. The molecule has 2 aliphatic heterocycles. The number of piperidine rings is 1. The van der Waals surface area contributed by atoms with Crippen molar-refractivity contribution in [3.63, 3.8) is 0 Å². The Morgan fingerprint density at radius 3 is 2.48 bits per heavy atom. The quantitative estimate of drug-likeness (QED) is 0.486. The van der Waals surface area contributed by atoms with Gasteiger partial charge in [0.1, 0.15) is 5.82 Å². The molecular weight excluding hydrogens is 429 g/mol. The molecule has 0 radical (unpaired) electrons. The van der Waals surface area contributed by atoms with Crippen molar-refractivity contribution in [1.82, 2.24) is 14.9 Å². The fraction of sp³-hybridized carbons (Fsp3) is 0.647. The van der Waals surface area contributed by atoms with Crippen molar-refractivity contribution in [2.24, 2.45) is 5.92 Å². The molecule has 2 fully saturated rings. The molecule has 0 bridgehead atoms.